The van der Waals surface area contributed by atoms with Crippen LogP contribution in [0.5, 0.6) is 23.0 Å². The van der Waals surface area contributed by atoms with E-state index in [4.69, 9.17) is 23.9 Å². The fourth-order valence-corrected chi connectivity index (χ4v) is 4.19. The minimum atomic E-state index is -0.401. The van der Waals surface area contributed by atoms with Crippen LogP contribution < -0.4 is 18.9 Å². The Morgan fingerprint density at radius 2 is 1.47 bits per heavy atom. The second-order valence-electron chi connectivity index (χ2n) is 7.87. The van der Waals surface area contributed by atoms with E-state index in [1.807, 2.05) is 30.3 Å². The van der Waals surface area contributed by atoms with Gasteiger partial charge in [0.1, 0.15) is 0 Å². The Balaban J connectivity index is 1.78. The molecule has 0 fully saturated rings. The van der Waals surface area contributed by atoms with Crippen LogP contribution in [0, 0.1) is 10.1 Å². The summed E-state index contributed by atoms with van der Waals surface area (Å²) in [5.74, 6) is 2.58. The third-order valence-corrected chi connectivity index (χ3v) is 5.96. The van der Waals surface area contributed by atoms with E-state index in [9.17, 15) is 10.1 Å². The number of non-ortho nitro benzene ring substituents is 1. The maximum Gasteiger partial charge on any atom is 0.269 e. The average Bonchev–Trinajstić information content (AvgIpc) is 2.87. The number of hydrogen-bond acceptors (Lipinski definition) is 7. The zero-order chi connectivity index (χ0) is 24.2. The summed E-state index contributed by atoms with van der Waals surface area (Å²) >= 11 is 0. The van der Waals surface area contributed by atoms with E-state index in [-0.39, 0.29) is 11.7 Å². The number of benzene rings is 3. The molecule has 0 radical (unpaired) electrons. The van der Waals surface area contributed by atoms with Crippen LogP contribution in [0.25, 0.3) is 0 Å². The van der Waals surface area contributed by atoms with Crippen molar-refractivity contribution in [2.24, 2.45) is 4.99 Å². The van der Waals surface area contributed by atoms with Crippen molar-refractivity contribution >= 4 is 11.4 Å². The second-order valence-corrected chi connectivity index (χ2v) is 7.87. The third-order valence-electron chi connectivity index (χ3n) is 5.96. The molecule has 0 aliphatic carbocycles. The highest BCUT2D eigenvalue weighted by Crippen LogP contribution is 2.39. The van der Waals surface area contributed by atoms with Crippen molar-refractivity contribution in [3.8, 4) is 23.0 Å². The van der Waals surface area contributed by atoms with E-state index in [1.165, 1.54) is 12.1 Å². The summed E-state index contributed by atoms with van der Waals surface area (Å²) in [5, 5.41) is 11.0. The Morgan fingerprint density at radius 1 is 0.853 bits per heavy atom. The number of ether oxygens (including phenoxy) is 4. The lowest BCUT2D eigenvalue weighted by Gasteiger charge is -2.26. The summed E-state index contributed by atoms with van der Waals surface area (Å²) in [4.78, 5) is 15.7. The minimum Gasteiger partial charge on any atom is -0.493 e. The van der Waals surface area contributed by atoms with Crippen molar-refractivity contribution in [3.63, 3.8) is 0 Å². The third kappa shape index (κ3) is 4.52. The fourth-order valence-electron chi connectivity index (χ4n) is 4.19. The van der Waals surface area contributed by atoms with Crippen LogP contribution in [-0.4, -0.2) is 39.1 Å². The molecule has 1 aliphatic heterocycles. The first-order chi connectivity index (χ1) is 16.5. The molecule has 0 aromatic heterocycles. The number of nitrogens with zero attached hydrogens (tertiary/aromatic N) is 2. The average molecular weight is 463 g/mol. The summed E-state index contributed by atoms with van der Waals surface area (Å²) in [6.45, 7) is 0. The topological polar surface area (TPSA) is 92.4 Å². The molecule has 0 spiro atoms. The van der Waals surface area contributed by atoms with E-state index in [0.29, 0.717) is 35.8 Å². The second kappa shape index (κ2) is 9.82. The molecule has 0 bridgehead atoms. The van der Waals surface area contributed by atoms with Crippen molar-refractivity contribution in [1.82, 2.24) is 0 Å². The number of fused-ring (bicyclic) bond motifs is 1. The van der Waals surface area contributed by atoms with Gasteiger partial charge in [-0.1, -0.05) is 18.2 Å². The van der Waals surface area contributed by atoms with E-state index in [1.54, 1.807) is 40.6 Å². The van der Waals surface area contributed by atoms with Gasteiger partial charge in [-0.3, -0.25) is 15.1 Å². The van der Waals surface area contributed by atoms with Gasteiger partial charge in [-0.15, -0.1) is 0 Å². The molecule has 3 aromatic carbocycles. The number of aliphatic imine (C=N–C) groups is 1. The van der Waals surface area contributed by atoms with E-state index in [0.717, 1.165) is 28.0 Å². The maximum atomic E-state index is 11.0. The number of nitro groups is 1. The Bertz CT molecular complexity index is 1240. The predicted octanol–water partition coefficient (Wildman–Crippen LogP) is 4.96. The van der Waals surface area contributed by atoms with E-state index in [2.05, 4.69) is 0 Å². The molecule has 0 saturated carbocycles. The van der Waals surface area contributed by atoms with E-state index >= 15 is 0 Å². The molecule has 3 aromatic rings. The molecule has 0 amide bonds. The SMILES string of the molecule is COc1ccc(C2Cc3cc(OC)c(OC)cc3C(Cc3ccc([N+](=O)[O-])cc3)=N2)cc1OC. The van der Waals surface area contributed by atoms with Gasteiger partial charge in [-0.25, -0.2) is 0 Å². The molecule has 176 valence electrons. The molecule has 1 heterocycles. The molecule has 0 N–H and O–H groups in total. The number of nitro benzene ring substituents is 1. The standard InChI is InChI=1S/C26H26N2O6/c1-31-23-10-7-17(13-24(23)32-2)21-12-18-14-25(33-3)26(34-4)15-20(18)22(27-21)11-16-5-8-19(9-6-16)28(29)30/h5-10,13-15,21H,11-12H2,1-4H3. The van der Waals surface area contributed by atoms with Crippen LogP contribution in [0.3, 0.4) is 0 Å². The van der Waals surface area contributed by atoms with Gasteiger partial charge in [-0.05, 0) is 47.4 Å². The van der Waals surface area contributed by atoms with Crippen LogP contribution in [0.4, 0.5) is 5.69 Å². The number of hydrogen-bond donors (Lipinski definition) is 0. The van der Waals surface area contributed by atoms with Gasteiger partial charge in [0.25, 0.3) is 5.69 Å². The largest absolute Gasteiger partial charge is 0.493 e. The predicted molar refractivity (Wildman–Crippen MR) is 129 cm³/mol. The summed E-state index contributed by atoms with van der Waals surface area (Å²) in [7, 11) is 6.43. The smallest absolute Gasteiger partial charge is 0.269 e. The first-order valence-corrected chi connectivity index (χ1v) is 10.7. The molecule has 1 atom stereocenters. The van der Waals surface area contributed by atoms with Gasteiger partial charge in [0.05, 0.1) is 39.4 Å². The lowest BCUT2D eigenvalue weighted by molar-refractivity contribution is -0.384. The summed E-state index contributed by atoms with van der Waals surface area (Å²) in [6, 6.07) is 16.2. The van der Waals surface area contributed by atoms with Crippen LogP contribution in [-0.2, 0) is 12.8 Å². The zero-order valence-corrected chi connectivity index (χ0v) is 19.5. The highest BCUT2D eigenvalue weighted by molar-refractivity contribution is 6.04. The monoisotopic (exact) mass is 462 g/mol. The maximum absolute atomic E-state index is 11.0. The van der Waals surface area contributed by atoms with Gasteiger partial charge in [0, 0.05) is 29.8 Å². The van der Waals surface area contributed by atoms with Gasteiger partial charge >= 0.3 is 0 Å². The molecule has 1 unspecified atom stereocenters. The van der Waals surface area contributed by atoms with Crippen LogP contribution in [0.1, 0.15) is 28.3 Å². The molecule has 8 nitrogen and oxygen atoms in total. The highest BCUT2D eigenvalue weighted by Gasteiger charge is 2.26. The van der Waals surface area contributed by atoms with Crippen LogP contribution in [0.2, 0.25) is 0 Å². The Hall–Kier alpha value is -4.07. The number of methoxy groups -OCH3 is 4. The summed E-state index contributed by atoms with van der Waals surface area (Å²) in [6.07, 6.45) is 1.19. The van der Waals surface area contributed by atoms with Gasteiger partial charge in [0.15, 0.2) is 23.0 Å². The Morgan fingerprint density at radius 3 is 2.09 bits per heavy atom. The Kier molecular flexibility index (Phi) is 6.67. The molecule has 4 rings (SSSR count). The lowest BCUT2D eigenvalue weighted by Crippen LogP contribution is -2.19. The first kappa shape index (κ1) is 23.1. The minimum absolute atomic E-state index is 0.0596. The van der Waals surface area contributed by atoms with Crippen molar-refractivity contribution < 1.29 is 23.9 Å². The molecular weight excluding hydrogens is 436 g/mol. The zero-order valence-electron chi connectivity index (χ0n) is 19.5. The van der Waals surface area contributed by atoms with Crippen molar-refractivity contribution in [2.45, 2.75) is 18.9 Å². The van der Waals surface area contributed by atoms with Crippen molar-refractivity contribution in [1.29, 1.82) is 0 Å². The fraction of sp³-hybridized carbons (Fsp3) is 0.269. The normalized spacial score (nSPS) is 14.6. The molecule has 0 saturated heterocycles. The number of rotatable bonds is 8. The Labute approximate surface area is 197 Å². The van der Waals surface area contributed by atoms with Crippen LogP contribution in [0.15, 0.2) is 59.6 Å². The van der Waals surface area contributed by atoms with Gasteiger partial charge in [0.2, 0.25) is 0 Å². The molecule has 1 aliphatic rings. The van der Waals surface area contributed by atoms with Crippen LogP contribution >= 0.6 is 0 Å². The van der Waals surface area contributed by atoms with Gasteiger partial charge < -0.3 is 18.9 Å². The molecular formula is C26H26N2O6. The van der Waals surface area contributed by atoms with Crippen molar-refractivity contribution in [2.75, 3.05) is 28.4 Å². The highest BCUT2D eigenvalue weighted by atomic mass is 16.6. The van der Waals surface area contributed by atoms with Gasteiger partial charge in [-0.2, -0.15) is 0 Å². The van der Waals surface area contributed by atoms with Crippen molar-refractivity contribution in [3.05, 3.63) is 87.0 Å². The lowest BCUT2D eigenvalue weighted by atomic mass is 9.87. The first-order valence-electron chi connectivity index (χ1n) is 10.7. The summed E-state index contributed by atoms with van der Waals surface area (Å²) < 4.78 is 21.9. The molecule has 8 heteroatoms. The summed E-state index contributed by atoms with van der Waals surface area (Å²) in [5.41, 5.74) is 4.93. The molecule has 34 heavy (non-hydrogen) atoms. The van der Waals surface area contributed by atoms with E-state index < -0.39 is 4.92 Å². The quantitative estimate of drug-likeness (QED) is 0.347.